The number of carbonyl (C=O) groups excluding carboxylic acids is 1. The lowest BCUT2D eigenvalue weighted by atomic mass is 10.3. The van der Waals surface area contributed by atoms with Crippen LogP contribution in [0, 0.1) is 0 Å². The molecule has 0 saturated carbocycles. The van der Waals surface area contributed by atoms with Gasteiger partial charge in [0.2, 0.25) is 0 Å². The minimum absolute atomic E-state index is 0.309. The van der Waals surface area contributed by atoms with E-state index in [1.807, 2.05) is 18.2 Å². The zero-order chi connectivity index (χ0) is 8.84. The number of pyridine rings is 1. The smallest absolute Gasteiger partial charge is 0.387 e. The largest absolute Gasteiger partial charge is 0.441 e. The summed E-state index contributed by atoms with van der Waals surface area (Å²) in [5.41, 5.74) is 0.973. The van der Waals surface area contributed by atoms with Crippen molar-refractivity contribution < 1.29 is 9.53 Å². The molecule has 0 N–H and O–H groups in total. The fraction of sp³-hybridized carbons (Fsp3) is 0. The van der Waals surface area contributed by atoms with E-state index < -0.39 is 6.09 Å². The van der Waals surface area contributed by atoms with Gasteiger partial charge in [-0.3, -0.25) is 0 Å². The lowest BCUT2D eigenvalue weighted by molar-refractivity contribution is 0.213. The molecule has 4 nitrogen and oxygen atoms in total. The molecule has 0 saturated heterocycles. The number of aromatic nitrogens is 1. The summed E-state index contributed by atoms with van der Waals surface area (Å²) in [7, 11) is 0. The van der Waals surface area contributed by atoms with Crippen molar-refractivity contribution in [2.45, 2.75) is 0 Å². The molecular weight excluding hydrogens is 168 g/mol. The fourth-order valence-electron chi connectivity index (χ4n) is 1.38. The zero-order valence-electron chi connectivity index (χ0n) is 6.52. The Kier molecular flexibility index (Phi) is 1.02. The van der Waals surface area contributed by atoms with Gasteiger partial charge in [-0.05, 0) is 12.1 Å². The van der Waals surface area contributed by atoms with E-state index in [4.69, 9.17) is 4.74 Å². The van der Waals surface area contributed by atoms with E-state index >= 15 is 0 Å². The predicted molar refractivity (Wildman–Crippen MR) is 44.5 cm³/mol. The number of ether oxygens (including phenoxy) is 1. The molecule has 0 unspecified atom stereocenters. The second-order valence-corrected chi connectivity index (χ2v) is 2.79. The standard InChI is InChI=1S/C9H4N2O2/c12-9-11-7-4-5-2-1-3-6(5)10-8(7)13-9/h1-4H. The molecule has 0 fully saturated rings. The van der Waals surface area contributed by atoms with Gasteiger partial charge in [-0.15, -0.1) is 0 Å². The average molecular weight is 172 g/mol. The van der Waals surface area contributed by atoms with Crippen LogP contribution in [0.3, 0.4) is 0 Å². The molecule has 0 radical (unpaired) electrons. The molecule has 1 aliphatic heterocycles. The summed E-state index contributed by atoms with van der Waals surface area (Å²) in [5, 5.41) is 1.34. The molecule has 0 spiro atoms. The summed E-state index contributed by atoms with van der Waals surface area (Å²) in [6, 6.07) is 1.79. The van der Waals surface area contributed by atoms with Gasteiger partial charge in [0.1, 0.15) is 5.36 Å². The monoisotopic (exact) mass is 172 g/mol. The minimum Gasteiger partial charge on any atom is -0.387 e. The van der Waals surface area contributed by atoms with Crippen LogP contribution in [0.1, 0.15) is 5.56 Å². The van der Waals surface area contributed by atoms with E-state index in [2.05, 4.69) is 9.98 Å². The maximum atomic E-state index is 10.8. The fourth-order valence-corrected chi connectivity index (χ4v) is 1.38. The van der Waals surface area contributed by atoms with Crippen LogP contribution in [-0.2, 0) is 0 Å². The molecule has 1 aliphatic carbocycles. The first kappa shape index (κ1) is 6.54. The molecule has 13 heavy (non-hydrogen) atoms. The lowest BCUT2D eigenvalue weighted by Gasteiger charge is -1.92. The van der Waals surface area contributed by atoms with Gasteiger partial charge in [0.05, 0.1) is 5.35 Å². The average Bonchev–Trinajstić information content (AvgIpc) is 2.63. The second-order valence-electron chi connectivity index (χ2n) is 2.79. The minimum atomic E-state index is -0.588. The van der Waals surface area contributed by atoms with Crippen molar-refractivity contribution in [2.75, 3.05) is 0 Å². The third kappa shape index (κ3) is 0.823. The Balaban J connectivity index is 2.41. The van der Waals surface area contributed by atoms with Crippen molar-refractivity contribution >= 4 is 18.2 Å². The Hall–Kier alpha value is -1.97. The second kappa shape index (κ2) is 2.04. The van der Waals surface area contributed by atoms with Crippen molar-refractivity contribution in [3.8, 4) is 5.88 Å². The summed E-state index contributed by atoms with van der Waals surface area (Å²) >= 11 is 0. The number of carbonyl (C=O) groups is 1. The van der Waals surface area contributed by atoms with Crippen LogP contribution < -0.4 is 15.4 Å². The highest BCUT2D eigenvalue weighted by Gasteiger charge is 2.16. The normalized spacial score (nSPS) is 15.8. The highest BCUT2D eigenvalue weighted by Crippen LogP contribution is 2.07. The van der Waals surface area contributed by atoms with Crippen LogP contribution in [0.4, 0.5) is 4.79 Å². The molecule has 1 amide bonds. The summed E-state index contributed by atoms with van der Waals surface area (Å²) in [5.74, 6) is 0.309. The van der Waals surface area contributed by atoms with Gasteiger partial charge in [0, 0.05) is 5.56 Å². The molecule has 2 heterocycles. The number of fused-ring (bicyclic) bond motifs is 2. The Bertz CT molecular complexity index is 558. The molecule has 2 aliphatic rings. The van der Waals surface area contributed by atoms with Gasteiger partial charge in [0.15, 0.2) is 0 Å². The van der Waals surface area contributed by atoms with Crippen molar-refractivity contribution in [3.63, 3.8) is 0 Å². The highest BCUT2D eigenvalue weighted by molar-refractivity contribution is 5.74. The quantitative estimate of drug-likeness (QED) is 0.554. The van der Waals surface area contributed by atoms with Crippen LogP contribution in [0.5, 0.6) is 5.88 Å². The van der Waals surface area contributed by atoms with Crippen molar-refractivity contribution in [2.24, 2.45) is 4.99 Å². The molecule has 4 heteroatoms. The van der Waals surface area contributed by atoms with E-state index in [9.17, 15) is 4.79 Å². The summed E-state index contributed by atoms with van der Waals surface area (Å²) < 4.78 is 4.77. The summed E-state index contributed by atoms with van der Waals surface area (Å²) in [6.45, 7) is 0. The Morgan fingerprint density at radius 1 is 1.38 bits per heavy atom. The number of rotatable bonds is 0. The number of nitrogens with zero attached hydrogens (tertiary/aromatic N) is 2. The summed E-state index contributed by atoms with van der Waals surface area (Å²) in [6.07, 6.45) is 5.09. The van der Waals surface area contributed by atoms with E-state index in [0.29, 0.717) is 11.2 Å². The van der Waals surface area contributed by atoms with Crippen molar-refractivity contribution in [3.05, 3.63) is 28.4 Å². The van der Waals surface area contributed by atoms with Gasteiger partial charge in [-0.1, -0.05) is 12.2 Å². The number of amides is 1. The Labute approximate surface area is 72.9 Å². The zero-order valence-corrected chi connectivity index (χ0v) is 6.52. The molecule has 1 aromatic rings. The third-order valence-electron chi connectivity index (χ3n) is 1.95. The summed E-state index contributed by atoms with van der Waals surface area (Å²) in [4.78, 5) is 18.6. The molecule has 0 bridgehead atoms. The topological polar surface area (TPSA) is 51.5 Å². The molecule has 1 aromatic heterocycles. The van der Waals surface area contributed by atoms with E-state index in [-0.39, 0.29) is 0 Å². The molecule has 0 atom stereocenters. The first-order valence-corrected chi connectivity index (χ1v) is 3.83. The first-order valence-electron chi connectivity index (χ1n) is 3.83. The maximum absolute atomic E-state index is 10.8. The van der Waals surface area contributed by atoms with E-state index in [1.54, 1.807) is 6.07 Å². The van der Waals surface area contributed by atoms with Gasteiger partial charge in [-0.2, -0.15) is 4.99 Å². The van der Waals surface area contributed by atoms with Gasteiger partial charge in [-0.25, -0.2) is 9.78 Å². The van der Waals surface area contributed by atoms with E-state index in [0.717, 1.165) is 10.9 Å². The van der Waals surface area contributed by atoms with Crippen LogP contribution >= 0.6 is 0 Å². The van der Waals surface area contributed by atoms with Crippen LogP contribution in [-0.4, -0.2) is 11.1 Å². The molecular formula is C9H4N2O2. The van der Waals surface area contributed by atoms with Crippen LogP contribution in [0.25, 0.3) is 12.2 Å². The Morgan fingerprint density at radius 3 is 3.23 bits per heavy atom. The molecule has 0 aromatic carbocycles. The third-order valence-corrected chi connectivity index (χ3v) is 1.95. The van der Waals surface area contributed by atoms with Crippen molar-refractivity contribution in [1.29, 1.82) is 0 Å². The van der Waals surface area contributed by atoms with Gasteiger partial charge < -0.3 is 4.74 Å². The highest BCUT2D eigenvalue weighted by atomic mass is 16.6. The van der Waals surface area contributed by atoms with Crippen LogP contribution in [0.2, 0.25) is 0 Å². The maximum Gasteiger partial charge on any atom is 0.441 e. The lowest BCUT2D eigenvalue weighted by Crippen LogP contribution is -2.15. The number of hydrogen-bond acceptors (Lipinski definition) is 3. The van der Waals surface area contributed by atoms with Gasteiger partial charge in [0.25, 0.3) is 5.88 Å². The Morgan fingerprint density at radius 2 is 2.31 bits per heavy atom. The van der Waals surface area contributed by atoms with Gasteiger partial charge >= 0.3 is 6.09 Å². The number of hydrogen-bond donors (Lipinski definition) is 0. The first-order chi connectivity index (χ1) is 6.33. The SMILES string of the molecule is O=C1N=c2cc3c(nc2O1)=CC=C3. The number of allylic oxidation sites excluding steroid dienone is 1. The molecule has 3 rings (SSSR count). The van der Waals surface area contributed by atoms with Crippen LogP contribution in [0.15, 0.2) is 17.1 Å². The van der Waals surface area contributed by atoms with E-state index in [1.165, 1.54) is 0 Å². The predicted octanol–water partition coefficient (Wildman–Crippen LogP) is 0.0209. The molecule has 62 valence electrons. The van der Waals surface area contributed by atoms with Crippen molar-refractivity contribution in [1.82, 2.24) is 4.98 Å².